The normalized spacial score (nSPS) is 20.4. The molecular formula is C33H43N5O4S2. The number of thiazole rings is 1. The monoisotopic (exact) mass is 637 g/mol. The van der Waals surface area contributed by atoms with Crippen molar-refractivity contribution < 1.29 is 19.1 Å². The zero-order chi connectivity index (χ0) is 31.0. The van der Waals surface area contributed by atoms with Crippen LogP contribution in [0.1, 0.15) is 109 Å². The van der Waals surface area contributed by atoms with Crippen LogP contribution < -0.4 is 10.6 Å². The molecule has 0 unspecified atom stereocenters. The second-order valence-electron chi connectivity index (χ2n) is 13.5. The van der Waals surface area contributed by atoms with Gasteiger partial charge in [0.25, 0.3) is 0 Å². The number of aromatic nitrogens is 3. The molecule has 3 fully saturated rings. The van der Waals surface area contributed by atoms with Crippen LogP contribution in [0.2, 0.25) is 0 Å². The summed E-state index contributed by atoms with van der Waals surface area (Å²) in [6.45, 7) is 9.33. The van der Waals surface area contributed by atoms with Crippen LogP contribution in [0.4, 0.5) is 21.1 Å². The Morgan fingerprint density at radius 3 is 2.41 bits per heavy atom. The number of nitrogens with zero attached hydrogens (tertiary/aromatic N) is 3. The van der Waals surface area contributed by atoms with Gasteiger partial charge in [-0.25, -0.2) is 14.6 Å². The molecule has 1 aromatic carbocycles. The average Bonchev–Trinajstić information content (AvgIpc) is 3.87. The highest BCUT2D eigenvalue weighted by molar-refractivity contribution is 8.00. The van der Waals surface area contributed by atoms with Gasteiger partial charge in [-0.15, -0.1) is 28.2 Å². The van der Waals surface area contributed by atoms with E-state index in [0.29, 0.717) is 22.9 Å². The first-order valence-corrected chi connectivity index (χ1v) is 17.5. The molecule has 44 heavy (non-hydrogen) atoms. The molecule has 3 aromatic rings. The second-order valence-corrected chi connectivity index (χ2v) is 15.9. The summed E-state index contributed by atoms with van der Waals surface area (Å²) in [6, 6.07) is 8.61. The highest BCUT2D eigenvalue weighted by atomic mass is 32.2. The van der Waals surface area contributed by atoms with Gasteiger partial charge >= 0.3 is 12.2 Å². The Kier molecular flexibility index (Phi) is 8.97. The summed E-state index contributed by atoms with van der Waals surface area (Å²) in [5.74, 6) is 1.41. The molecule has 2 N–H and O–H groups in total. The largest absolute Gasteiger partial charge is 0.447 e. The maximum Gasteiger partial charge on any atom is 0.435 e. The number of anilines is 2. The van der Waals surface area contributed by atoms with Crippen molar-refractivity contribution in [3.8, 4) is 10.4 Å². The van der Waals surface area contributed by atoms with E-state index in [0.717, 1.165) is 49.9 Å². The molecule has 2 heterocycles. The summed E-state index contributed by atoms with van der Waals surface area (Å²) in [5, 5.41) is 12.9. The molecule has 2 aromatic heterocycles. The molecule has 0 bridgehead atoms. The predicted molar refractivity (Wildman–Crippen MR) is 175 cm³/mol. The molecule has 1 amide bonds. The van der Waals surface area contributed by atoms with Gasteiger partial charge in [0.1, 0.15) is 5.60 Å². The van der Waals surface area contributed by atoms with Crippen molar-refractivity contribution in [2.75, 3.05) is 5.32 Å². The lowest BCUT2D eigenvalue weighted by Gasteiger charge is -2.28. The van der Waals surface area contributed by atoms with Crippen LogP contribution >= 0.6 is 23.1 Å². The van der Waals surface area contributed by atoms with Crippen LogP contribution in [0.25, 0.3) is 10.4 Å². The van der Waals surface area contributed by atoms with Gasteiger partial charge in [0.15, 0.2) is 5.82 Å². The van der Waals surface area contributed by atoms with E-state index in [2.05, 4.69) is 33.9 Å². The molecule has 0 saturated heterocycles. The van der Waals surface area contributed by atoms with E-state index in [-0.39, 0.29) is 18.2 Å². The lowest BCUT2D eigenvalue weighted by Crippen LogP contribution is -2.38. The fourth-order valence-corrected chi connectivity index (χ4v) is 7.91. The minimum Gasteiger partial charge on any atom is -0.447 e. The summed E-state index contributed by atoms with van der Waals surface area (Å²) in [5.41, 5.74) is 2.47. The first kappa shape index (κ1) is 31.0. The molecule has 6 rings (SSSR count). The van der Waals surface area contributed by atoms with Gasteiger partial charge in [0, 0.05) is 51.5 Å². The fourth-order valence-electron chi connectivity index (χ4n) is 5.49. The smallest absolute Gasteiger partial charge is 0.435 e. The molecule has 9 nitrogen and oxygen atoms in total. The fraction of sp³-hybridized carbons (Fsp3) is 0.576. The zero-order valence-electron chi connectivity index (χ0n) is 26.2. The molecule has 11 heteroatoms. The number of thioether (sulfide) groups is 1. The number of nitrogens with one attached hydrogen (secondary N) is 2. The van der Waals surface area contributed by atoms with Crippen molar-refractivity contribution in [1.82, 2.24) is 20.1 Å². The Balaban J connectivity index is 1.15. The Morgan fingerprint density at radius 2 is 1.75 bits per heavy atom. The number of alkyl carbamates (subject to hydrolysis) is 1. The first-order valence-electron chi connectivity index (χ1n) is 15.8. The van der Waals surface area contributed by atoms with Gasteiger partial charge in [0.2, 0.25) is 0 Å². The molecular weight excluding hydrogens is 595 g/mol. The maximum atomic E-state index is 12.9. The number of carbonyl (C=O) groups is 2. The molecule has 3 aliphatic rings. The number of hydrogen-bond acceptors (Lipinski definition) is 9. The van der Waals surface area contributed by atoms with Crippen molar-refractivity contribution in [2.45, 2.75) is 126 Å². The van der Waals surface area contributed by atoms with E-state index >= 15 is 0 Å². The molecule has 0 aliphatic heterocycles. The maximum absolute atomic E-state index is 12.9. The van der Waals surface area contributed by atoms with E-state index in [1.807, 2.05) is 58.6 Å². The number of ether oxygens (including phenoxy) is 2. The van der Waals surface area contributed by atoms with Crippen molar-refractivity contribution >= 4 is 46.8 Å². The van der Waals surface area contributed by atoms with Crippen molar-refractivity contribution in [3.63, 3.8) is 0 Å². The van der Waals surface area contributed by atoms with Crippen LogP contribution in [0.5, 0.6) is 0 Å². The Bertz CT molecular complexity index is 1490. The van der Waals surface area contributed by atoms with Gasteiger partial charge in [-0.1, -0.05) is 6.07 Å². The quantitative estimate of drug-likeness (QED) is 0.240. The number of hydrogen-bond donors (Lipinski definition) is 2. The number of rotatable bonds is 9. The average molecular weight is 638 g/mol. The highest BCUT2D eigenvalue weighted by Crippen LogP contribution is 2.46. The predicted octanol–water partition coefficient (Wildman–Crippen LogP) is 8.83. The lowest BCUT2D eigenvalue weighted by atomic mass is 9.86. The molecule has 3 aliphatic carbocycles. The van der Waals surface area contributed by atoms with E-state index < -0.39 is 11.7 Å². The third kappa shape index (κ3) is 7.96. The number of benzene rings is 1. The summed E-state index contributed by atoms with van der Waals surface area (Å²) >= 11 is 3.72. The van der Waals surface area contributed by atoms with Crippen LogP contribution in [-0.2, 0) is 9.47 Å². The van der Waals surface area contributed by atoms with E-state index in [1.54, 1.807) is 11.3 Å². The van der Waals surface area contributed by atoms with Gasteiger partial charge in [0.05, 0.1) is 21.7 Å². The molecule has 0 radical (unpaired) electrons. The van der Waals surface area contributed by atoms with Crippen LogP contribution in [0, 0.1) is 0 Å². The standard InChI is InChI=1S/C33H43N5O4S2/c1-19(2)41-31(39)36-22-10-8-21(9-11-22)30-34-18-28(44-30)25-15-12-23(16-27(25)43-24-13-14-24)35-29-17-26(20-6-7-20)38(37-29)32(40)42-33(3,4)5/h12,15-22,24H,6-11,13-14H2,1-5H3,(H,35,37)(H,36,39). The summed E-state index contributed by atoms with van der Waals surface area (Å²) in [4.78, 5) is 32.2. The summed E-state index contributed by atoms with van der Waals surface area (Å²) in [7, 11) is 0. The van der Waals surface area contributed by atoms with Crippen LogP contribution in [-0.4, -0.2) is 49.9 Å². The Morgan fingerprint density at radius 1 is 1.02 bits per heavy atom. The number of carbonyl (C=O) groups excluding carboxylic acids is 2. The van der Waals surface area contributed by atoms with Gasteiger partial charge in [-0.2, -0.15) is 4.68 Å². The lowest BCUT2D eigenvalue weighted by molar-refractivity contribution is 0.0509. The summed E-state index contributed by atoms with van der Waals surface area (Å²) < 4.78 is 12.3. The second kappa shape index (κ2) is 12.7. The molecule has 0 atom stereocenters. The zero-order valence-corrected chi connectivity index (χ0v) is 27.9. The minimum atomic E-state index is -0.585. The van der Waals surface area contributed by atoms with Crippen LogP contribution in [0.3, 0.4) is 0 Å². The third-order valence-corrected chi connectivity index (χ3v) is 10.5. The van der Waals surface area contributed by atoms with Gasteiger partial charge in [-0.3, -0.25) is 0 Å². The first-order chi connectivity index (χ1) is 21.0. The van der Waals surface area contributed by atoms with E-state index in [9.17, 15) is 9.59 Å². The Labute approximate surface area is 267 Å². The van der Waals surface area contributed by atoms with Crippen LogP contribution in [0.15, 0.2) is 35.4 Å². The minimum absolute atomic E-state index is 0.115. The summed E-state index contributed by atoms with van der Waals surface area (Å²) in [6.07, 6.45) is 9.63. The van der Waals surface area contributed by atoms with Gasteiger partial charge in [-0.05, 0) is 98.1 Å². The van der Waals surface area contributed by atoms with Crippen molar-refractivity contribution in [1.29, 1.82) is 0 Å². The topological polar surface area (TPSA) is 107 Å². The van der Waals surface area contributed by atoms with Crippen molar-refractivity contribution in [2.24, 2.45) is 0 Å². The third-order valence-electron chi connectivity index (χ3n) is 7.90. The molecule has 0 spiro atoms. The Hall–Kier alpha value is -3.05. The van der Waals surface area contributed by atoms with Crippen molar-refractivity contribution in [3.05, 3.63) is 41.2 Å². The van der Waals surface area contributed by atoms with E-state index in [4.69, 9.17) is 14.5 Å². The SMILES string of the molecule is CC(C)OC(=O)NC1CCC(c2ncc(-c3ccc(Nc4cc(C5CC5)n(C(=O)OC(C)(C)C)n4)cc3SC3CC3)s2)CC1. The van der Waals surface area contributed by atoms with Gasteiger partial charge < -0.3 is 20.1 Å². The highest BCUT2D eigenvalue weighted by Gasteiger charge is 2.32. The molecule has 3 saturated carbocycles. The van der Waals surface area contributed by atoms with E-state index in [1.165, 1.54) is 37.9 Å². The molecule has 236 valence electrons. The number of amides is 1.